The van der Waals surface area contributed by atoms with Gasteiger partial charge in [-0.05, 0) is 43.2 Å². The minimum absolute atomic E-state index is 0.476. The third kappa shape index (κ3) is 2.88. The predicted molar refractivity (Wildman–Crippen MR) is 69.1 cm³/mol. The van der Waals surface area contributed by atoms with Crippen molar-refractivity contribution in [3.63, 3.8) is 0 Å². The van der Waals surface area contributed by atoms with E-state index < -0.39 is 0 Å². The molecule has 17 heavy (non-hydrogen) atoms. The van der Waals surface area contributed by atoms with Crippen molar-refractivity contribution in [3.05, 3.63) is 35.9 Å². The molecule has 0 aromatic heterocycles. The summed E-state index contributed by atoms with van der Waals surface area (Å²) < 4.78 is 5.60. The highest BCUT2D eigenvalue weighted by Gasteiger charge is 2.37. The van der Waals surface area contributed by atoms with Crippen molar-refractivity contribution in [3.8, 4) is 0 Å². The molecular formula is C15H21NO. The molecule has 92 valence electrons. The van der Waals surface area contributed by atoms with E-state index >= 15 is 0 Å². The molecule has 3 rings (SSSR count). The molecule has 1 N–H and O–H groups in total. The Bertz CT molecular complexity index is 345. The molecule has 1 saturated carbocycles. The molecular weight excluding hydrogens is 210 g/mol. The summed E-state index contributed by atoms with van der Waals surface area (Å²) in [6.45, 7) is 3.15. The molecule has 2 heteroatoms. The lowest BCUT2D eigenvalue weighted by atomic mass is 10.1. The zero-order chi connectivity index (χ0) is 11.5. The van der Waals surface area contributed by atoms with Crippen LogP contribution in [0.2, 0.25) is 0 Å². The summed E-state index contributed by atoms with van der Waals surface area (Å²) in [5.74, 6) is 1.65. The molecule has 2 nitrogen and oxygen atoms in total. The summed E-state index contributed by atoms with van der Waals surface area (Å²) >= 11 is 0. The molecule has 1 saturated heterocycles. The lowest BCUT2D eigenvalue weighted by molar-refractivity contribution is 0.110. The van der Waals surface area contributed by atoms with Crippen LogP contribution in [0.4, 0.5) is 0 Å². The lowest BCUT2D eigenvalue weighted by Crippen LogP contribution is -2.28. The monoisotopic (exact) mass is 231 g/mol. The Hall–Kier alpha value is -0.860. The average Bonchev–Trinajstić information content (AvgIpc) is 2.95. The van der Waals surface area contributed by atoms with Crippen molar-refractivity contribution in [2.24, 2.45) is 5.92 Å². The Morgan fingerprint density at radius 1 is 1.18 bits per heavy atom. The third-order valence-corrected chi connectivity index (χ3v) is 3.95. The number of nitrogens with one attached hydrogen (secondary N) is 1. The highest BCUT2D eigenvalue weighted by molar-refractivity contribution is 5.25. The SMILES string of the molecule is c1ccc(C2CC2CNCC2CCCO2)cc1. The van der Waals surface area contributed by atoms with Crippen molar-refractivity contribution in [1.29, 1.82) is 0 Å². The van der Waals surface area contributed by atoms with Crippen LogP contribution in [0.25, 0.3) is 0 Å². The van der Waals surface area contributed by atoms with Gasteiger partial charge < -0.3 is 10.1 Å². The number of benzene rings is 1. The summed E-state index contributed by atoms with van der Waals surface area (Å²) in [5.41, 5.74) is 1.51. The van der Waals surface area contributed by atoms with Gasteiger partial charge in [0, 0.05) is 13.2 Å². The first-order valence-electron chi connectivity index (χ1n) is 6.81. The maximum Gasteiger partial charge on any atom is 0.0700 e. The third-order valence-electron chi connectivity index (χ3n) is 3.95. The minimum atomic E-state index is 0.476. The van der Waals surface area contributed by atoms with E-state index in [-0.39, 0.29) is 0 Å². The van der Waals surface area contributed by atoms with E-state index in [1.807, 2.05) is 0 Å². The van der Waals surface area contributed by atoms with Gasteiger partial charge in [-0.25, -0.2) is 0 Å². The van der Waals surface area contributed by atoms with Gasteiger partial charge in [-0.2, -0.15) is 0 Å². The molecule has 0 bridgehead atoms. The molecule has 1 aliphatic carbocycles. The molecule has 1 heterocycles. The molecule has 0 radical (unpaired) electrons. The van der Waals surface area contributed by atoms with E-state index in [1.165, 1.54) is 24.8 Å². The highest BCUT2D eigenvalue weighted by atomic mass is 16.5. The molecule has 1 aliphatic heterocycles. The normalized spacial score (nSPS) is 31.6. The van der Waals surface area contributed by atoms with Gasteiger partial charge in [0.15, 0.2) is 0 Å². The van der Waals surface area contributed by atoms with Crippen molar-refractivity contribution >= 4 is 0 Å². The smallest absolute Gasteiger partial charge is 0.0700 e. The molecule has 3 atom stereocenters. The van der Waals surface area contributed by atoms with E-state index in [1.54, 1.807) is 0 Å². The van der Waals surface area contributed by atoms with Crippen molar-refractivity contribution < 1.29 is 4.74 Å². The van der Waals surface area contributed by atoms with Crippen LogP contribution in [-0.4, -0.2) is 25.8 Å². The minimum Gasteiger partial charge on any atom is -0.377 e. The fourth-order valence-corrected chi connectivity index (χ4v) is 2.82. The van der Waals surface area contributed by atoms with Crippen LogP contribution in [0.3, 0.4) is 0 Å². The first-order valence-corrected chi connectivity index (χ1v) is 6.81. The molecule has 2 aliphatic rings. The number of hydrogen-bond donors (Lipinski definition) is 1. The van der Waals surface area contributed by atoms with Crippen molar-refractivity contribution in [1.82, 2.24) is 5.32 Å². The predicted octanol–water partition coefficient (Wildman–Crippen LogP) is 2.56. The lowest BCUT2D eigenvalue weighted by Gasteiger charge is -2.10. The van der Waals surface area contributed by atoms with Gasteiger partial charge in [-0.15, -0.1) is 0 Å². The Kier molecular flexibility index (Phi) is 3.44. The van der Waals surface area contributed by atoms with Crippen LogP contribution < -0.4 is 5.32 Å². The molecule has 0 amide bonds. The Morgan fingerprint density at radius 3 is 2.82 bits per heavy atom. The van der Waals surface area contributed by atoms with Crippen LogP contribution in [-0.2, 0) is 4.74 Å². The summed E-state index contributed by atoms with van der Waals surface area (Å²) in [6.07, 6.45) is 4.30. The van der Waals surface area contributed by atoms with E-state index in [0.717, 1.165) is 31.5 Å². The first-order chi connectivity index (χ1) is 8.43. The van der Waals surface area contributed by atoms with Gasteiger partial charge in [0.2, 0.25) is 0 Å². The average molecular weight is 231 g/mol. The van der Waals surface area contributed by atoms with E-state index in [2.05, 4.69) is 35.6 Å². The van der Waals surface area contributed by atoms with Crippen LogP contribution in [0.15, 0.2) is 30.3 Å². The molecule has 0 spiro atoms. The summed E-state index contributed by atoms with van der Waals surface area (Å²) in [5, 5.41) is 3.56. The van der Waals surface area contributed by atoms with Gasteiger partial charge in [0.05, 0.1) is 6.10 Å². The largest absolute Gasteiger partial charge is 0.377 e. The maximum atomic E-state index is 5.60. The Labute approximate surface area is 103 Å². The number of rotatable bonds is 5. The quantitative estimate of drug-likeness (QED) is 0.841. The second-order valence-electron chi connectivity index (χ2n) is 5.31. The summed E-state index contributed by atoms with van der Waals surface area (Å²) in [4.78, 5) is 0. The summed E-state index contributed by atoms with van der Waals surface area (Å²) in [7, 11) is 0. The zero-order valence-electron chi connectivity index (χ0n) is 10.3. The standard InChI is InChI=1S/C15H21NO/c1-2-5-12(6-3-1)15-9-13(15)10-16-11-14-7-4-8-17-14/h1-3,5-6,13-16H,4,7-11H2. The van der Waals surface area contributed by atoms with Crippen molar-refractivity contribution in [2.75, 3.05) is 19.7 Å². The van der Waals surface area contributed by atoms with E-state index in [4.69, 9.17) is 4.74 Å². The van der Waals surface area contributed by atoms with Crippen LogP contribution in [0, 0.1) is 5.92 Å². The second-order valence-corrected chi connectivity index (χ2v) is 5.31. The van der Waals surface area contributed by atoms with Crippen LogP contribution >= 0.6 is 0 Å². The highest BCUT2D eigenvalue weighted by Crippen LogP contribution is 2.46. The van der Waals surface area contributed by atoms with Crippen molar-refractivity contribution in [2.45, 2.75) is 31.3 Å². The fourth-order valence-electron chi connectivity index (χ4n) is 2.82. The maximum absolute atomic E-state index is 5.60. The molecule has 1 aromatic carbocycles. The van der Waals surface area contributed by atoms with Crippen LogP contribution in [0.5, 0.6) is 0 Å². The second kappa shape index (κ2) is 5.19. The van der Waals surface area contributed by atoms with Gasteiger partial charge in [0.1, 0.15) is 0 Å². The van der Waals surface area contributed by atoms with Crippen LogP contribution in [0.1, 0.15) is 30.7 Å². The molecule has 2 fully saturated rings. The van der Waals surface area contributed by atoms with Gasteiger partial charge in [-0.1, -0.05) is 30.3 Å². The molecule has 3 unspecified atom stereocenters. The Morgan fingerprint density at radius 2 is 2.06 bits per heavy atom. The number of hydrogen-bond acceptors (Lipinski definition) is 2. The first kappa shape index (κ1) is 11.2. The fraction of sp³-hybridized carbons (Fsp3) is 0.600. The van der Waals surface area contributed by atoms with E-state index in [0.29, 0.717) is 6.10 Å². The Balaban J connectivity index is 1.38. The van der Waals surface area contributed by atoms with Gasteiger partial charge in [-0.3, -0.25) is 0 Å². The number of ether oxygens (including phenoxy) is 1. The van der Waals surface area contributed by atoms with Gasteiger partial charge >= 0.3 is 0 Å². The topological polar surface area (TPSA) is 21.3 Å². The van der Waals surface area contributed by atoms with E-state index in [9.17, 15) is 0 Å². The molecule has 1 aromatic rings. The van der Waals surface area contributed by atoms with Gasteiger partial charge in [0.25, 0.3) is 0 Å². The summed E-state index contributed by atoms with van der Waals surface area (Å²) in [6, 6.07) is 10.9. The zero-order valence-corrected chi connectivity index (χ0v) is 10.3.